The summed E-state index contributed by atoms with van der Waals surface area (Å²) in [6.45, 7) is 4.00. The molecular weight excluding hydrogens is 436 g/mol. The minimum atomic E-state index is -0.921. The second-order valence-electron chi connectivity index (χ2n) is 9.19. The minimum absolute atomic E-state index is 0.104. The van der Waals surface area contributed by atoms with Crippen molar-refractivity contribution in [2.45, 2.75) is 136 Å². The van der Waals surface area contributed by atoms with E-state index < -0.39 is 12.1 Å². The van der Waals surface area contributed by atoms with Crippen LogP contribution in [0, 0.1) is 0 Å². The molecule has 0 saturated heterocycles. The van der Waals surface area contributed by atoms with E-state index in [1.165, 1.54) is 51.4 Å². The molecule has 1 atom stereocenters. The van der Waals surface area contributed by atoms with Crippen molar-refractivity contribution in [3.63, 3.8) is 0 Å². The topological polar surface area (TPSA) is 63.6 Å². The number of allylic oxidation sites excluding steroid dienone is 8. The van der Waals surface area contributed by atoms with E-state index in [9.17, 15) is 9.59 Å². The van der Waals surface area contributed by atoms with Crippen LogP contribution >= 0.6 is 0 Å². The fourth-order valence-electron chi connectivity index (χ4n) is 3.75. The van der Waals surface area contributed by atoms with Crippen LogP contribution < -0.4 is 0 Å². The number of hydrogen-bond acceptors (Lipinski definition) is 3. The van der Waals surface area contributed by atoms with Crippen LogP contribution in [-0.2, 0) is 14.3 Å². The maximum Gasteiger partial charge on any atom is 0.307 e. The second kappa shape index (κ2) is 26.5. The molecule has 4 heteroatoms. The van der Waals surface area contributed by atoms with E-state index in [1.54, 1.807) is 0 Å². The van der Waals surface area contributed by atoms with E-state index in [0.29, 0.717) is 12.8 Å². The molecule has 0 rings (SSSR count). The number of rotatable bonds is 24. The van der Waals surface area contributed by atoms with Gasteiger partial charge in [-0.3, -0.25) is 9.59 Å². The fraction of sp³-hybridized carbons (Fsp3) is 0.677. The van der Waals surface area contributed by atoms with Crippen LogP contribution in [0.25, 0.3) is 0 Å². The lowest BCUT2D eigenvalue weighted by molar-refractivity contribution is -0.153. The third-order valence-electron chi connectivity index (χ3n) is 5.88. The Morgan fingerprint density at radius 3 is 1.60 bits per heavy atom. The van der Waals surface area contributed by atoms with Crippen molar-refractivity contribution in [3.05, 3.63) is 48.6 Å². The number of carbonyl (C=O) groups excluding carboxylic acids is 1. The van der Waals surface area contributed by atoms with Gasteiger partial charge in [0.1, 0.15) is 6.10 Å². The molecule has 200 valence electrons. The maximum atomic E-state index is 11.8. The van der Waals surface area contributed by atoms with Gasteiger partial charge in [0.25, 0.3) is 0 Å². The van der Waals surface area contributed by atoms with Crippen LogP contribution in [0.3, 0.4) is 0 Å². The molecule has 0 aromatic heterocycles. The molecule has 0 bridgehead atoms. The monoisotopic (exact) mass is 488 g/mol. The number of ether oxygens (including phenoxy) is 1. The SMILES string of the molecule is CC/C=C\C/C=C\C/C=C\C/C=C\CCCCCCCCCCCCC(=O)OC(CC)CC(=O)O. The van der Waals surface area contributed by atoms with Gasteiger partial charge in [0.05, 0.1) is 6.42 Å². The summed E-state index contributed by atoms with van der Waals surface area (Å²) in [6, 6.07) is 0. The van der Waals surface area contributed by atoms with Gasteiger partial charge in [0.2, 0.25) is 0 Å². The van der Waals surface area contributed by atoms with Crippen molar-refractivity contribution in [1.82, 2.24) is 0 Å². The summed E-state index contributed by atoms with van der Waals surface area (Å²) in [5.74, 6) is -1.18. The molecule has 1 N–H and O–H groups in total. The highest BCUT2D eigenvalue weighted by Gasteiger charge is 2.15. The lowest BCUT2D eigenvalue weighted by atomic mass is 10.0. The number of hydrogen-bond donors (Lipinski definition) is 1. The molecule has 0 saturated carbocycles. The molecule has 0 aromatic carbocycles. The molecule has 35 heavy (non-hydrogen) atoms. The highest BCUT2D eigenvalue weighted by Crippen LogP contribution is 2.13. The Morgan fingerprint density at radius 1 is 0.657 bits per heavy atom. The van der Waals surface area contributed by atoms with Crippen LogP contribution in [0.15, 0.2) is 48.6 Å². The molecule has 0 aromatic rings. The molecule has 0 amide bonds. The average molecular weight is 489 g/mol. The molecule has 4 nitrogen and oxygen atoms in total. The smallest absolute Gasteiger partial charge is 0.307 e. The standard InChI is InChI=1S/C31H52O4/c1-3-5-6-7-8-9-10-11-12-13-14-15-16-17-18-19-20-21-22-23-24-25-26-27-31(34)35-29(4-2)28-30(32)33/h5-6,8-9,11-12,14-15,29H,3-4,7,10,13,16-28H2,1-2H3,(H,32,33)/b6-5-,9-8-,12-11-,15-14-. The van der Waals surface area contributed by atoms with Gasteiger partial charge in [0, 0.05) is 6.42 Å². The Kier molecular flexibility index (Phi) is 24.9. The molecule has 0 radical (unpaired) electrons. The van der Waals surface area contributed by atoms with Crippen molar-refractivity contribution in [2.24, 2.45) is 0 Å². The molecule has 0 aliphatic carbocycles. The minimum Gasteiger partial charge on any atom is -0.481 e. The van der Waals surface area contributed by atoms with E-state index in [0.717, 1.165) is 44.9 Å². The number of carboxylic acid groups (broad SMARTS) is 1. The lowest BCUT2D eigenvalue weighted by Crippen LogP contribution is -2.20. The molecule has 0 heterocycles. The van der Waals surface area contributed by atoms with Crippen molar-refractivity contribution in [1.29, 1.82) is 0 Å². The zero-order valence-electron chi connectivity index (χ0n) is 22.6. The highest BCUT2D eigenvalue weighted by atomic mass is 16.5. The number of esters is 1. The first-order valence-corrected chi connectivity index (χ1v) is 14.1. The number of unbranched alkanes of at least 4 members (excludes halogenated alkanes) is 10. The first-order chi connectivity index (χ1) is 17.1. The fourth-order valence-corrected chi connectivity index (χ4v) is 3.75. The van der Waals surface area contributed by atoms with Crippen molar-refractivity contribution in [3.8, 4) is 0 Å². The van der Waals surface area contributed by atoms with E-state index >= 15 is 0 Å². The summed E-state index contributed by atoms with van der Waals surface area (Å²) in [4.78, 5) is 22.5. The van der Waals surface area contributed by atoms with Gasteiger partial charge in [-0.15, -0.1) is 0 Å². The Bertz CT molecular complexity index is 615. The second-order valence-corrected chi connectivity index (χ2v) is 9.19. The van der Waals surface area contributed by atoms with Crippen LogP contribution in [0.4, 0.5) is 0 Å². The number of aliphatic carboxylic acids is 1. The predicted molar refractivity (Wildman–Crippen MR) is 149 cm³/mol. The summed E-state index contributed by atoms with van der Waals surface area (Å²) >= 11 is 0. The van der Waals surface area contributed by atoms with Crippen molar-refractivity contribution >= 4 is 11.9 Å². The summed E-state index contributed by atoms with van der Waals surface area (Å²) in [5.41, 5.74) is 0. The van der Waals surface area contributed by atoms with E-state index in [4.69, 9.17) is 9.84 Å². The van der Waals surface area contributed by atoms with Crippen LogP contribution in [0.2, 0.25) is 0 Å². The zero-order chi connectivity index (χ0) is 25.8. The van der Waals surface area contributed by atoms with Gasteiger partial charge in [-0.25, -0.2) is 0 Å². The lowest BCUT2D eigenvalue weighted by Gasteiger charge is -2.13. The maximum absolute atomic E-state index is 11.8. The first kappa shape index (κ1) is 32.9. The third-order valence-corrected chi connectivity index (χ3v) is 5.88. The Morgan fingerprint density at radius 2 is 1.11 bits per heavy atom. The van der Waals surface area contributed by atoms with E-state index in [-0.39, 0.29) is 12.4 Å². The van der Waals surface area contributed by atoms with E-state index in [2.05, 4.69) is 55.5 Å². The van der Waals surface area contributed by atoms with Gasteiger partial charge < -0.3 is 9.84 Å². The van der Waals surface area contributed by atoms with Crippen molar-refractivity contribution in [2.75, 3.05) is 0 Å². The van der Waals surface area contributed by atoms with E-state index in [1.807, 2.05) is 6.92 Å². The van der Waals surface area contributed by atoms with Crippen LogP contribution in [-0.4, -0.2) is 23.1 Å². The summed E-state index contributed by atoms with van der Waals surface area (Å²) in [7, 11) is 0. The van der Waals surface area contributed by atoms with Gasteiger partial charge in [-0.05, 0) is 51.4 Å². The number of carboxylic acids is 1. The summed E-state index contributed by atoms with van der Waals surface area (Å²) < 4.78 is 5.23. The van der Waals surface area contributed by atoms with Crippen LogP contribution in [0.1, 0.15) is 129 Å². The van der Waals surface area contributed by atoms with Gasteiger partial charge >= 0.3 is 11.9 Å². The molecule has 0 aliphatic heterocycles. The molecular formula is C31H52O4. The number of carbonyl (C=O) groups is 2. The Hall–Kier alpha value is -2.10. The van der Waals surface area contributed by atoms with Crippen LogP contribution in [0.5, 0.6) is 0 Å². The third kappa shape index (κ3) is 26.3. The normalized spacial score (nSPS) is 13.0. The Balaban J connectivity index is 3.39. The van der Waals surface area contributed by atoms with Crippen molar-refractivity contribution < 1.29 is 19.4 Å². The first-order valence-electron chi connectivity index (χ1n) is 14.1. The van der Waals surface area contributed by atoms with Gasteiger partial charge in [0.15, 0.2) is 0 Å². The largest absolute Gasteiger partial charge is 0.481 e. The molecule has 0 aliphatic rings. The summed E-state index contributed by atoms with van der Waals surface area (Å²) in [5, 5.41) is 8.80. The highest BCUT2D eigenvalue weighted by molar-refractivity contribution is 5.71. The summed E-state index contributed by atoms with van der Waals surface area (Å²) in [6.07, 6.45) is 35.8. The molecule has 0 spiro atoms. The average Bonchev–Trinajstić information content (AvgIpc) is 2.83. The zero-order valence-corrected chi connectivity index (χ0v) is 22.6. The van der Waals surface area contributed by atoms with Gasteiger partial charge in [-0.1, -0.05) is 114 Å². The molecule has 1 unspecified atom stereocenters. The molecule has 0 fully saturated rings. The predicted octanol–water partition coefficient (Wildman–Crippen LogP) is 9.27. The van der Waals surface area contributed by atoms with Gasteiger partial charge in [-0.2, -0.15) is 0 Å². The quantitative estimate of drug-likeness (QED) is 0.0835. The Labute approximate surface area is 215 Å².